The lowest BCUT2D eigenvalue weighted by atomic mass is 10.1. The summed E-state index contributed by atoms with van der Waals surface area (Å²) in [6, 6.07) is 2.61. The molecular weight excluding hydrogens is 320 g/mol. The van der Waals surface area contributed by atoms with E-state index in [0.717, 1.165) is 12.1 Å². The highest BCUT2D eigenvalue weighted by Crippen LogP contribution is 2.27. The van der Waals surface area contributed by atoms with Crippen molar-refractivity contribution < 1.29 is 18.4 Å². The molecule has 2 N–H and O–H groups in total. The van der Waals surface area contributed by atoms with Crippen LogP contribution in [0.4, 0.5) is 5.69 Å². The van der Waals surface area contributed by atoms with E-state index in [4.69, 9.17) is 11.6 Å². The van der Waals surface area contributed by atoms with Crippen molar-refractivity contribution in [2.45, 2.75) is 31.2 Å². The second-order valence-electron chi connectivity index (χ2n) is 5.00. The Balaban J connectivity index is 3.16. The molecule has 0 radical (unpaired) electrons. The molecule has 0 aliphatic carbocycles. The fraction of sp³-hybridized carbons (Fsp3) is 0.500. The van der Waals surface area contributed by atoms with Gasteiger partial charge in [0.05, 0.1) is 11.5 Å². The first kappa shape index (κ1) is 17.8. The van der Waals surface area contributed by atoms with Crippen molar-refractivity contribution in [3.05, 3.63) is 33.3 Å². The van der Waals surface area contributed by atoms with Crippen LogP contribution < -0.4 is 4.72 Å². The summed E-state index contributed by atoms with van der Waals surface area (Å²) in [5.74, 6) is 0.157. The predicted octanol–water partition coefficient (Wildman–Crippen LogP) is 1.93. The van der Waals surface area contributed by atoms with E-state index >= 15 is 0 Å². The molecule has 0 aliphatic rings. The number of aliphatic hydroxyl groups excluding tert-OH is 1. The molecule has 1 unspecified atom stereocenters. The third-order valence-electron chi connectivity index (χ3n) is 2.71. The number of nitro benzene ring substituents is 1. The molecule has 118 valence electrons. The van der Waals surface area contributed by atoms with Crippen LogP contribution in [-0.4, -0.2) is 31.1 Å². The van der Waals surface area contributed by atoms with Crippen LogP contribution in [0.25, 0.3) is 0 Å². The number of hydrogen-bond donors (Lipinski definition) is 2. The number of aliphatic hydroxyl groups is 1. The molecule has 1 atom stereocenters. The molecule has 1 aromatic carbocycles. The van der Waals surface area contributed by atoms with Gasteiger partial charge in [0.1, 0.15) is 0 Å². The average Bonchev–Trinajstić information content (AvgIpc) is 2.36. The van der Waals surface area contributed by atoms with Crippen molar-refractivity contribution >= 4 is 27.3 Å². The second-order valence-corrected chi connectivity index (χ2v) is 7.12. The predicted molar refractivity (Wildman–Crippen MR) is 78.8 cm³/mol. The summed E-state index contributed by atoms with van der Waals surface area (Å²) >= 11 is 5.65. The van der Waals surface area contributed by atoms with Gasteiger partial charge in [0.15, 0.2) is 4.90 Å². The monoisotopic (exact) mass is 336 g/mol. The van der Waals surface area contributed by atoms with Gasteiger partial charge in [0.25, 0.3) is 5.69 Å². The average molecular weight is 337 g/mol. The Hall–Kier alpha value is -1.22. The third kappa shape index (κ3) is 4.92. The van der Waals surface area contributed by atoms with Crippen LogP contribution in [-0.2, 0) is 10.0 Å². The molecule has 1 aromatic rings. The molecule has 0 bridgehead atoms. The van der Waals surface area contributed by atoms with Gasteiger partial charge in [-0.25, -0.2) is 13.1 Å². The maximum absolute atomic E-state index is 12.2. The van der Waals surface area contributed by atoms with Crippen LogP contribution in [0, 0.1) is 16.0 Å². The minimum Gasteiger partial charge on any atom is -0.395 e. The molecule has 0 heterocycles. The van der Waals surface area contributed by atoms with Crippen molar-refractivity contribution in [1.82, 2.24) is 4.72 Å². The molecule has 0 fully saturated rings. The van der Waals surface area contributed by atoms with Crippen molar-refractivity contribution in [3.63, 3.8) is 0 Å². The minimum atomic E-state index is -4.12. The Morgan fingerprint density at radius 1 is 1.43 bits per heavy atom. The van der Waals surface area contributed by atoms with Gasteiger partial charge in [-0.3, -0.25) is 10.1 Å². The second kappa shape index (κ2) is 7.17. The number of nitro groups is 1. The van der Waals surface area contributed by atoms with Crippen LogP contribution in [0.15, 0.2) is 23.1 Å². The van der Waals surface area contributed by atoms with Gasteiger partial charge in [0.2, 0.25) is 10.0 Å². The van der Waals surface area contributed by atoms with Gasteiger partial charge in [0, 0.05) is 17.1 Å². The van der Waals surface area contributed by atoms with Gasteiger partial charge in [-0.15, -0.1) is 0 Å². The summed E-state index contributed by atoms with van der Waals surface area (Å²) in [5.41, 5.74) is -0.601. The van der Waals surface area contributed by atoms with Crippen molar-refractivity contribution in [2.75, 3.05) is 6.61 Å². The van der Waals surface area contributed by atoms with Crippen LogP contribution >= 0.6 is 11.6 Å². The highest BCUT2D eigenvalue weighted by molar-refractivity contribution is 7.89. The molecule has 7 nitrogen and oxygen atoms in total. The summed E-state index contributed by atoms with van der Waals surface area (Å²) in [4.78, 5) is 9.68. The molecular formula is C12H17ClN2O5S. The van der Waals surface area contributed by atoms with Crippen LogP contribution in [0.5, 0.6) is 0 Å². The van der Waals surface area contributed by atoms with E-state index < -0.39 is 38.2 Å². The minimum absolute atomic E-state index is 0.0709. The highest BCUT2D eigenvalue weighted by atomic mass is 35.5. The molecule has 0 saturated carbocycles. The number of hydrogen-bond acceptors (Lipinski definition) is 5. The molecule has 1 rings (SSSR count). The van der Waals surface area contributed by atoms with Gasteiger partial charge >= 0.3 is 0 Å². The summed E-state index contributed by atoms with van der Waals surface area (Å²) in [5, 5.41) is 20.3. The van der Waals surface area contributed by atoms with Crippen molar-refractivity contribution in [1.29, 1.82) is 0 Å². The Morgan fingerprint density at radius 2 is 2.05 bits per heavy atom. The molecule has 9 heteroatoms. The molecule has 0 saturated heterocycles. The number of sulfonamides is 1. The zero-order chi connectivity index (χ0) is 16.2. The largest absolute Gasteiger partial charge is 0.395 e. The number of rotatable bonds is 7. The first-order chi connectivity index (χ1) is 9.67. The molecule has 0 spiro atoms. The van der Waals surface area contributed by atoms with E-state index in [1.807, 2.05) is 13.8 Å². The van der Waals surface area contributed by atoms with Gasteiger partial charge in [-0.05, 0) is 24.5 Å². The Labute approximate surface area is 128 Å². The zero-order valence-corrected chi connectivity index (χ0v) is 13.2. The third-order valence-corrected chi connectivity index (χ3v) is 4.51. The first-order valence-electron chi connectivity index (χ1n) is 6.24. The van der Waals surface area contributed by atoms with E-state index in [1.165, 1.54) is 6.07 Å². The lowest BCUT2D eigenvalue weighted by Crippen LogP contribution is -2.38. The number of halogens is 1. The lowest BCUT2D eigenvalue weighted by Gasteiger charge is -2.18. The fourth-order valence-electron chi connectivity index (χ4n) is 1.87. The standard InChI is InChI=1S/C12H17ClN2O5S/c1-8(2)5-10(7-16)14-21(19,20)12-4-3-9(13)6-11(12)15(17)18/h3-4,6,8,10,14,16H,5,7H2,1-2H3. The summed E-state index contributed by atoms with van der Waals surface area (Å²) in [7, 11) is -4.12. The van der Waals surface area contributed by atoms with E-state index in [0.29, 0.717) is 6.42 Å². The number of benzene rings is 1. The topological polar surface area (TPSA) is 110 Å². The van der Waals surface area contributed by atoms with Crippen LogP contribution in [0.3, 0.4) is 0 Å². The van der Waals surface area contributed by atoms with Crippen LogP contribution in [0.2, 0.25) is 5.02 Å². The first-order valence-corrected chi connectivity index (χ1v) is 8.10. The number of nitrogens with one attached hydrogen (secondary N) is 1. The smallest absolute Gasteiger partial charge is 0.290 e. The van der Waals surface area contributed by atoms with Crippen molar-refractivity contribution in [2.24, 2.45) is 5.92 Å². The lowest BCUT2D eigenvalue weighted by molar-refractivity contribution is -0.387. The van der Waals surface area contributed by atoms with Gasteiger partial charge in [-0.2, -0.15) is 0 Å². The number of nitrogens with zero attached hydrogens (tertiary/aromatic N) is 1. The fourth-order valence-corrected chi connectivity index (χ4v) is 3.43. The maximum atomic E-state index is 12.2. The zero-order valence-electron chi connectivity index (χ0n) is 11.6. The maximum Gasteiger partial charge on any atom is 0.290 e. The molecule has 21 heavy (non-hydrogen) atoms. The van der Waals surface area contributed by atoms with E-state index in [-0.39, 0.29) is 10.9 Å². The Morgan fingerprint density at radius 3 is 2.52 bits per heavy atom. The van der Waals surface area contributed by atoms with E-state index in [9.17, 15) is 23.6 Å². The normalized spacial score (nSPS) is 13.4. The van der Waals surface area contributed by atoms with Gasteiger partial charge in [-0.1, -0.05) is 25.4 Å². The summed E-state index contributed by atoms with van der Waals surface area (Å²) in [6.45, 7) is 3.36. The van der Waals surface area contributed by atoms with Crippen LogP contribution in [0.1, 0.15) is 20.3 Å². The quantitative estimate of drug-likeness (QED) is 0.584. The highest BCUT2D eigenvalue weighted by Gasteiger charge is 2.28. The van der Waals surface area contributed by atoms with E-state index in [1.54, 1.807) is 0 Å². The molecule has 0 aromatic heterocycles. The molecule has 0 amide bonds. The molecule has 0 aliphatic heterocycles. The van der Waals surface area contributed by atoms with Gasteiger partial charge < -0.3 is 5.11 Å². The summed E-state index contributed by atoms with van der Waals surface area (Å²) in [6.07, 6.45) is 0.414. The van der Waals surface area contributed by atoms with Crippen molar-refractivity contribution in [3.8, 4) is 0 Å². The van der Waals surface area contributed by atoms with E-state index in [2.05, 4.69) is 4.72 Å². The Bertz CT molecular complexity index is 618. The Kier molecular flexibility index (Phi) is 6.09. The summed E-state index contributed by atoms with van der Waals surface area (Å²) < 4.78 is 26.8. The SMILES string of the molecule is CC(C)CC(CO)NS(=O)(=O)c1ccc(Cl)cc1[N+](=O)[O-].